The number of benzene rings is 1. The topological polar surface area (TPSA) is 83.6 Å². The molecule has 0 aliphatic rings. The van der Waals surface area contributed by atoms with E-state index in [2.05, 4.69) is 21.5 Å². The summed E-state index contributed by atoms with van der Waals surface area (Å²) in [6.07, 6.45) is 0. The maximum Gasteiger partial charge on any atom is 0.235 e. The fraction of sp³-hybridized carbons (Fsp3) is 0.200. The molecule has 1 N–H and O–H groups in total. The number of rotatable bonds is 5. The van der Waals surface area contributed by atoms with E-state index in [4.69, 9.17) is 0 Å². The smallest absolute Gasteiger partial charge is 0.235 e. The maximum absolute atomic E-state index is 12.5. The van der Waals surface area contributed by atoms with Crippen LogP contribution < -0.4 is 5.32 Å². The molecule has 2 heterocycles. The van der Waals surface area contributed by atoms with Crippen LogP contribution in [-0.2, 0) is 4.79 Å². The Hall–Kier alpha value is -3.11. The maximum atomic E-state index is 12.5. The summed E-state index contributed by atoms with van der Waals surface area (Å²) in [5.74, 6) is 0.587. The predicted molar refractivity (Wildman–Crippen MR) is 106 cm³/mol. The van der Waals surface area contributed by atoms with Crippen molar-refractivity contribution in [3.63, 3.8) is 0 Å². The first-order chi connectivity index (χ1) is 13.0. The number of aryl methyl sites for hydroxylation is 3. The number of carbonyl (C=O) groups excluding carboxylic acids is 1. The third-order valence-electron chi connectivity index (χ3n) is 3.86. The Morgan fingerprint density at radius 1 is 1.19 bits per heavy atom. The quantitative estimate of drug-likeness (QED) is 0.684. The first-order valence-corrected chi connectivity index (χ1v) is 9.39. The number of nitriles is 1. The van der Waals surface area contributed by atoms with Gasteiger partial charge in [-0.1, -0.05) is 30.0 Å². The summed E-state index contributed by atoms with van der Waals surface area (Å²) in [5.41, 5.74) is 3.89. The molecule has 6 nitrogen and oxygen atoms in total. The molecule has 0 saturated heterocycles. The molecule has 27 heavy (non-hydrogen) atoms. The molecule has 0 bridgehead atoms. The summed E-state index contributed by atoms with van der Waals surface area (Å²) in [7, 11) is 0. The van der Waals surface area contributed by atoms with Gasteiger partial charge < -0.3 is 5.32 Å². The van der Waals surface area contributed by atoms with Crippen molar-refractivity contribution in [3.8, 4) is 11.8 Å². The van der Waals surface area contributed by atoms with Crippen molar-refractivity contribution in [2.24, 2.45) is 0 Å². The number of thioether (sulfide) groups is 1. The monoisotopic (exact) mass is 377 g/mol. The number of carbonyl (C=O) groups is 1. The third-order valence-corrected chi connectivity index (χ3v) is 4.84. The predicted octanol–water partition coefficient (Wildman–Crippen LogP) is 3.80. The summed E-state index contributed by atoms with van der Waals surface area (Å²) in [4.78, 5) is 16.9. The van der Waals surface area contributed by atoms with Gasteiger partial charge in [-0.05, 0) is 44.5 Å². The Labute approximate surface area is 162 Å². The second kappa shape index (κ2) is 8.06. The Morgan fingerprint density at radius 3 is 2.63 bits per heavy atom. The highest BCUT2D eigenvalue weighted by Crippen LogP contribution is 2.24. The summed E-state index contributed by atoms with van der Waals surface area (Å²) in [6.45, 7) is 5.63. The van der Waals surface area contributed by atoms with E-state index in [0.717, 1.165) is 22.6 Å². The number of anilines is 1. The number of amides is 1. The van der Waals surface area contributed by atoms with Gasteiger partial charge in [0.2, 0.25) is 5.91 Å². The molecule has 7 heteroatoms. The molecule has 1 aromatic carbocycles. The number of hydrogen-bond acceptors (Lipinski definition) is 5. The number of hydrogen-bond donors (Lipinski definition) is 1. The average Bonchev–Trinajstić information content (AvgIpc) is 3.00. The Bertz CT molecular complexity index is 1020. The molecular formula is C20H19N5OS. The minimum atomic E-state index is -0.179. The van der Waals surface area contributed by atoms with Crippen LogP contribution in [0.5, 0.6) is 0 Å². The van der Waals surface area contributed by atoms with Gasteiger partial charge in [0, 0.05) is 11.8 Å². The first kappa shape index (κ1) is 18.7. The second-order valence-electron chi connectivity index (χ2n) is 6.13. The van der Waals surface area contributed by atoms with Gasteiger partial charge in [-0.25, -0.2) is 9.67 Å². The highest BCUT2D eigenvalue weighted by atomic mass is 32.2. The highest BCUT2D eigenvalue weighted by Gasteiger charge is 2.14. The van der Waals surface area contributed by atoms with Gasteiger partial charge in [0.1, 0.15) is 16.9 Å². The zero-order valence-electron chi connectivity index (χ0n) is 15.4. The van der Waals surface area contributed by atoms with Gasteiger partial charge in [0.05, 0.1) is 22.7 Å². The van der Waals surface area contributed by atoms with Crippen molar-refractivity contribution < 1.29 is 4.79 Å². The molecule has 0 atom stereocenters. The van der Waals surface area contributed by atoms with E-state index < -0.39 is 0 Å². The first-order valence-electron chi connectivity index (χ1n) is 8.41. The number of nitrogens with one attached hydrogen (secondary N) is 1. The number of aromatic nitrogens is 3. The molecular weight excluding hydrogens is 358 g/mol. The van der Waals surface area contributed by atoms with Crippen molar-refractivity contribution in [1.82, 2.24) is 14.8 Å². The van der Waals surface area contributed by atoms with Crippen LogP contribution in [0.15, 0.2) is 47.5 Å². The molecule has 0 saturated carbocycles. The highest BCUT2D eigenvalue weighted by molar-refractivity contribution is 8.00. The molecule has 0 radical (unpaired) electrons. The number of pyridine rings is 1. The zero-order chi connectivity index (χ0) is 19.4. The Kier molecular flexibility index (Phi) is 5.57. The van der Waals surface area contributed by atoms with Crippen molar-refractivity contribution >= 4 is 23.5 Å². The Balaban J connectivity index is 1.74. The molecule has 2 aromatic heterocycles. The van der Waals surface area contributed by atoms with Gasteiger partial charge in [0.25, 0.3) is 0 Å². The molecule has 136 valence electrons. The normalized spacial score (nSPS) is 10.4. The SMILES string of the molecule is Cc1cc(C)c(C#N)c(SCC(=O)Nc2cc(C)nn2-c2ccccc2)n1. The molecule has 3 aromatic rings. The zero-order valence-corrected chi connectivity index (χ0v) is 16.2. The van der Waals surface area contributed by atoms with E-state index in [9.17, 15) is 10.1 Å². The van der Waals surface area contributed by atoms with E-state index in [-0.39, 0.29) is 11.7 Å². The third kappa shape index (κ3) is 4.36. The van der Waals surface area contributed by atoms with Crippen LogP contribution in [0.25, 0.3) is 5.69 Å². The molecule has 3 rings (SSSR count). The van der Waals surface area contributed by atoms with Crippen LogP contribution >= 0.6 is 11.8 Å². The van der Waals surface area contributed by atoms with Gasteiger partial charge in [0.15, 0.2) is 0 Å². The van der Waals surface area contributed by atoms with E-state index >= 15 is 0 Å². The van der Waals surface area contributed by atoms with Crippen LogP contribution in [0.2, 0.25) is 0 Å². The lowest BCUT2D eigenvalue weighted by Gasteiger charge is -2.10. The van der Waals surface area contributed by atoms with Gasteiger partial charge in [-0.3, -0.25) is 4.79 Å². The number of nitrogens with zero attached hydrogens (tertiary/aromatic N) is 4. The van der Waals surface area contributed by atoms with E-state index in [1.165, 1.54) is 11.8 Å². The summed E-state index contributed by atoms with van der Waals surface area (Å²) in [5, 5.41) is 17.3. The summed E-state index contributed by atoms with van der Waals surface area (Å²) < 4.78 is 1.70. The second-order valence-corrected chi connectivity index (χ2v) is 7.09. The molecule has 0 spiro atoms. The minimum Gasteiger partial charge on any atom is -0.310 e. The molecule has 0 aliphatic heterocycles. The van der Waals surface area contributed by atoms with Crippen molar-refractivity contribution in [2.75, 3.05) is 11.1 Å². The fourth-order valence-electron chi connectivity index (χ4n) is 2.71. The van der Waals surface area contributed by atoms with Crippen LogP contribution in [-0.4, -0.2) is 26.4 Å². The van der Waals surface area contributed by atoms with Crippen LogP contribution in [0.1, 0.15) is 22.5 Å². The van der Waals surface area contributed by atoms with Crippen LogP contribution in [0, 0.1) is 32.1 Å². The van der Waals surface area contributed by atoms with Crippen molar-refractivity contribution in [1.29, 1.82) is 5.26 Å². The standard InChI is InChI=1S/C20H19N5OS/c1-13-9-14(2)22-20(17(13)11-21)27-12-19(26)23-18-10-15(3)24-25(18)16-7-5-4-6-8-16/h4-10H,12H2,1-3H3,(H,23,26). The minimum absolute atomic E-state index is 0.156. The molecule has 0 fully saturated rings. The van der Waals surface area contributed by atoms with E-state index in [1.807, 2.05) is 63.2 Å². The summed E-state index contributed by atoms with van der Waals surface area (Å²) in [6, 6.07) is 15.5. The van der Waals surface area contributed by atoms with E-state index in [1.54, 1.807) is 4.68 Å². The van der Waals surface area contributed by atoms with Gasteiger partial charge >= 0.3 is 0 Å². The molecule has 1 amide bonds. The van der Waals surface area contributed by atoms with Crippen LogP contribution in [0.3, 0.4) is 0 Å². The Morgan fingerprint density at radius 2 is 1.93 bits per heavy atom. The fourth-order valence-corrected chi connectivity index (χ4v) is 3.61. The lowest BCUT2D eigenvalue weighted by Crippen LogP contribution is -2.17. The molecule has 0 aliphatic carbocycles. The van der Waals surface area contributed by atoms with Crippen molar-refractivity contribution in [3.05, 3.63) is 65.0 Å². The van der Waals surface area contributed by atoms with E-state index in [0.29, 0.717) is 16.4 Å². The largest absolute Gasteiger partial charge is 0.310 e. The van der Waals surface area contributed by atoms with Gasteiger partial charge in [-0.15, -0.1) is 0 Å². The van der Waals surface area contributed by atoms with Crippen LogP contribution in [0.4, 0.5) is 5.82 Å². The molecule has 0 unspecified atom stereocenters. The average molecular weight is 377 g/mol. The number of para-hydroxylation sites is 1. The lowest BCUT2D eigenvalue weighted by atomic mass is 10.1. The van der Waals surface area contributed by atoms with Gasteiger partial charge in [-0.2, -0.15) is 10.4 Å². The lowest BCUT2D eigenvalue weighted by molar-refractivity contribution is -0.113. The van der Waals surface area contributed by atoms with Crippen molar-refractivity contribution in [2.45, 2.75) is 25.8 Å². The summed E-state index contributed by atoms with van der Waals surface area (Å²) >= 11 is 1.26.